The Kier molecular flexibility index (Phi) is 3.15. The predicted molar refractivity (Wildman–Crippen MR) is 81.9 cm³/mol. The molecule has 106 valence electrons. The lowest BCUT2D eigenvalue weighted by Gasteiger charge is -2.34. The van der Waals surface area contributed by atoms with E-state index in [0.717, 1.165) is 5.56 Å². The Morgan fingerprint density at radius 1 is 1.19 bits per heavy atom. The van der Waals surface area contributed by atoms with Crippen LogP contribution < -0.4 is 0 Å². The van der Waals surface area contributed by atoms with Crippen LogP contribution in [0.25, 0.3) is 0 Å². The van der Waals surface area contributed by atoms with Gasteiger partial charge in [0.25, 0.3) is 5.91 Å². The molecule has 2 aromatic carbocycles. The highest BCUT2D eigenvalue weighted by molar-refractivity contribution is 6.00. The maximum atomic E-state index is 12.6. The van der Waals surface area contributed by atoms with Crippen LogP contribution in [0.3, 0.4) is 0 Å². The summed E-state index contributed by atoms with van der Waals surface area (Å²) in [7, 11) is 0. The maximum Gasteiger partial charge on any atom is 0.257 e. The van der Waals surface area contributed by atoms with Crippen molar-refractivity contribution in [3.05, 3.63) is 83.4 Å². The van der Waals surface area contributed by atoms with E-state index in [-0.39, 0.29) is 12.5 Å². The summed E-state index contributed by atoms with van der Waals surface area (Å²) in [6.45, 7) is 5.97. The Morgan fingerprint density at radius 2 is 1.86 bits per heavy atom. The van der Waals surface area contributed by atoms with Gasteiger partial charge >= 0.3 is 0 Å². The van der Waals surface area contributed by atoms with Gasteiger partial charge in [-0.25, -0.2) is 0 Å². The molecule has 1 atom stereocenters. The van der Waals surface area contributed by atoms with Crippen LogP contribution in [0.2, 0.25) is 0 Å². The number of nitrogens with zero attached hydrogens (tertiary/aromatic N) is 1. The van der Waals surface area contributed by atoms with Gasteiger partial charge in [-0.15, -0.1) is 6.58 Å². The Morgan fingerprint density at radius 3 is 2.52 bits per heavy atom. The largest absolute Gasteiger partial charge is 0.363 e. The van der Waals surface area contributed by atoms with Gasteiger partial charge in [0.05, 0.1) is 0 Å². The van der Waals surface area contributed by atoms with Gasteiger partial charge in [-0.2, -0.15) is 0 Å². The number of aliphatic hydroxyl groups is 1. The lowest BCUT2D eigenvalue weighted by molar-refractivity contribution is -0.0444. The van der Waals surface area contributed by atoms with Gasteiger partial charge in [-0.1, -0.05) is 54.1 Å². The molecule has 3 nitrogen and oxygen atoms in total. The maximum absolute atomic E-state index is 12.6. The van der Waals surface area contributed by atoms with E-state index in [0.29, 0.717) is 16.7 Å². The van der Waals surface area contributed by atoms with Crippen molar-refractivity contribution < 1.29 is 9.90 Å². The van der Waals surface area contributed by atoms with Crippen molar-refractivity contribution in [2.45, 2.75) is 12.6 Å². The molecule has 0 saturated carbocycles. The molecule has 1 aliphatic rings. The van der Waals surface area contributed by atoms with E-state index in [4.69, 9.17) is 0 Å². The summed E-state index contributed by atoms with van der Waals surface area (Å²) in [5.41, 5.74) is 1.53. The van der Waals surface area contributed by atoms with Crippen molar-refractivity contribution in [1.82, 2.24) is 4.90 Å². The Bertz CT molecular complexity index is 705. The smallest absolute Gasteiger partial charge is 0.257 e. The number of amides is 1. The van der Waals surface area contributed by atoms with Gasteiger partial charge in [-0.05, 0) is 13.0 Å². The average Bonchev–Trinajstić information content (AvgIpc) is 2.72. The Labute approximate surface area is 124 Å². The van der Waals surface area contributed by atoms with Crippen LogP contribution in [0.1, 0.15) is 27.0 Å². The first kappa shape index (κ1) is 13.6. The molecule has 0 fully saturated rings. The predicted octanol–water partition coefficient (Wildman–Crippen LogP) is 2.83. The molecule has 21 heavy (non-hydrogen) atoms. The summed E-state index contributed by atoms with van der Waals surface area (Å²) in [6.07, 6.45) is 1.63. The summed E-state index contributed by atoms with van der Waals surface area (Å²) in [5, 5.41) is 11.3. The van der Waals surface area contributed by atoms with Crippen LogP contribution >= 0.6 is 0 Å². The second-order valence-corrected chi connectivity index (χ2v) is 5.29. The fourth-order valence-corrected chi connectivity index (χ4v) is 2.85. The molecule has 0 aromatic heterocycles. The van der Waals surface area contributed by atoms with Gasteiger partial charge in [-0.3, -0.25) is 9.69 Å². The number of hydrogen-bond acceptors (Lipinski definition) is 2. The number of benzene rings is 2. The number of hydrogen-bond donors (Lipinski definition) is 1. The van der Waals surface area contributed by atoms with Crippen molar-refractivity contribution in [3.63, 3.8) is 0 Å². The van der Waals surface area contributed by atoms with Crippen molar-refractivity contribution in [3.8, 4) is 0 Å². The molecule has 1 aliphatic heterocycles. The minimum absolute atomic E-state index is 0.173. The van der Waals surface area contributed by atoms with E-state index in [9.17, 15) is 9.90 Å². The fourth-order valence-electron chi connectivity index (χ4n) is 2.85. The number of carbonyl (C=O) groups is 1. The highest BCUT2D eigenvalue weighted by Crippen LogP contribution is 2.41. The topological polar surface area (TPSA) is 40.5 Å². The number of carbonyl (C=O) groups excluding carboxylic acids is 1. The van der Waals surface area contributed by atoms with Crippen LogP contribution in [-0.4, -0.2) is 22.5 Å². The van der Waals surface area contributed by atoms with E-state index >= 15 is 0 Å². The standard InChI is InChI=1S/C18H17NO2/c1-3-12-19-17(20)15-6-4-5-7-16(15)18(19,21)14-10-8-13(2)9-11-14/h3-11,21H,1,12H2,2H3. The van der Waals surface area contributed by atoms with E-state index < -0.39 is 5.72 Å². The molecule has 0 saturated heterocycles. The molecular formula is C18H17NO2. The highest BCUT2D eigenvalue weighted by atomic mass is 16.3. The first-order valence-corrected chi connectivity index (χ1v) is 6.91. The van der Waals surface area contributed by atoms with Crippen molar-refractivity contribution in [2.24, 2.45) is 0 Å². The van der Waals surface area contributed by atoms with Crippen LogP contribution in [-0.2, 0) is 5.72 Å². The summed E-state index contributed by atoms with van der Waals surface area (Å²) in [5.74, 6) is -0.173. The van der Waals surface area contributed by atoms with E-state index in [1.54, 1.807) is 18.2 Å². The molecule has 0 bridgehead atoms. The number of fused-ring (bicyclic) bond motifs is 1. The second-order valence-electron chi connectivity index (χ2n) is 5.29. The SMILES string of the molecule is C=CCN1C(=O)c2ccccc2C1(O)c1ccc(C)cc1. The molecule has 0 spiro atoms. The summed E-state index contributed by atoms with van der Waals surface area (Å²) >= 11 is 0. The molecular weight excluding hydrogens is 262 g/mol. The number of rotatable bonds is 3. The van der Waals surface area contributed by atoms with Gasteiger partial charge < -0.3 is 5.11 Å². The van der Waals surface area contributed by atoms with Gasteiger partial charge in [0.1, 0.15) is 0 Å². The molecule has 3 heteroatoms. The molecule has 1 N–H and O–H groups in total. The van der Waals surface area contributed by atoms with Crippen LogP contribution in [0, 0.1) is 6.92 Å². The third kappa shape index (κ3) is 1.89. The Hall–Kier alpha value is -2.39. The minimum atomic E-state index is -1.43. The van der Waals surface area contributed by atoms with Crippen molar-refractivity contribution >= 4 is 5.91 Å². The molecule has 1 unspecified atom stereocenters. The van der Waals surface area contributed by atoms with Gasteiger partial charge in [0.2, 0.25) is 0 Å². The van der Waals surface area contributed by atoms with Crippen LogP contribution in [0.4, 0.5) is 0 Å². The molecule has 1 amide bonds. The van der Waals surface area contributed by atoms with Gasteiger partial charge in [0, 0.05) is 23.2 Å². The van der Waals surface area contributed by atoms with E-state index in [1.807, 2.05) is 43.3 Å². The van der Waals surface area contributed by atoms with Crippen LogP contribution in [0.15, 0.2) is 61.2 Å². The molecule has 3 rings (SSSR count). The summed E-state index contributed by atoms with van der Waals surface area (Å²) < 4.78 is 0. The third-order valence-corrected chi connectivity index (χ3v) is 3.93. The lowest BCUT2D eigenvalue weighted by atomic mass is 9.93. The molecule has 0 aliphatic carbocycles. The van der Waals surface area contributed by atoms with E-state index in [1.165, 1.54) is 4.90 Å². The Balaban J connectivity index is 2.23. The fraction of sp³-hybridized carbons (Fsp3) is 0.167. The first-order chi connectivity index (χ1) is 10.1. The monoisotopic (exact) mass is 279 g/mol. The average molecular weight is 279 g/mol. The zero-order chi connectivity index (χ0) is 15.0. The minimum Gasteiger partial charge on any atom is -0.363 e. The molecule has 2 aromatic rings. The van der Waals surface area contributed by atoms with Gasteiger partial charge in [0.15, 0.2) is 5.72 Å². The zero-order valence-electron chi connectivity index (χ0n) is 11.9. The third-order valence-electron chi connectivity index (χ3n) is 3.93. The normalized spacial score (nSPS) is 20.5. The quantitative estimate of drug-likeness (QED) is 0.878. The summed E-state index contributed by atoms with van der Waals surface area (Å²) in [6, 6.07) is 14.8. The zero-order valence-corrected chi connectivity index (χ0v) is 11.9. The molecule has 1 heterocycles. The van der Waals surface area contributed by atoms with E-state index in [2.05, 4.69) is 6.58 Å². The van der Waals surface area contributed by atoms with Crippen molar-refractivity contribution in [2.75, 3.05) is 6.54 Å². The molecule has 0 radical (unpaired) electrons. The second kappa shape index (κ2) is 4.86. The van der Waals surface area contributed by atoms with Crippen LogP contribution in [0.5, 0.6) is 0 Å². The summed E-state index contributed by atoms with van der Waals surface area (Å²) in [4.78, 5) is 14.0. The number of aryl methyl sites for hydroxylation is 1. The lowest BCUT2D eigenvalue weighted by Crippen LogP contribution is -2.44. The van der Waals surface area contributed by atoms with Crippen molar-refractivity contribution in [1.29, 1.82) is 0 Å². The first-order valence-electron chi connectivity index (χ1n) is 6.91. The highest BCUT2D eigenvalue weighted by Gasteiger charge is 2.48.